The van der Waals surface area contributed by atoms with E-state index in [2.05, 4.69) is 10.6 Å². The lowest BCUT2D eigenvalue weighted by Crippen LogP contribution is -2.27. The van der Waals surface area contributed by atoms with Crippen molar-refractivity contribution in [1.82, 2.24) is 5.32 Å². The molecular weight excluding hydrogens is 304 g/mol. The minimum atomic E-state index is -0.797. The summed E-state index contributed by atoms with van der Waals surface area (Å²) in [5, 5.41) is 5.18. The predicted molar refractivity (Wildman–Crippen MR) is 81.5 cm³/mol. The normalized spacial score (nSPS) is 13.8. The predicted octanol–water partition coefficient (Wildman–Crippen LogP) is 2.75. The lowest BCUT2D eigenvalue weighted by Gasteiger charge is -2.14. The Hall–Kier alpha value is -2.96. The van der Waals surface area contributed by atoms with Gasteiger partial charge in [-0.2, -0.15) is 0 Å². The zero-order chi connectivity index (χ0) is 16.4. The summed E-state index contributed by atoms with van der Waals surface area (Å²) in [6, 6.07) is 9.04. The molecule has 0 unspecified atom stereocenters. The van der Waals surface area contributed by atoms with Gasteiger partial charge in [0, 0.05) is 24.5 Å². The fourth-order valence-electron chi connectivity index (χ4n) is 2.31. The van der Waals surface area contributed by atoms with E-state index in [1.807, 2.05) is 0 Å². The molecule has 23 heavy (non-hydrogen) atoms. The lowest BCUT2D eigenvalue weighted by atomic mass is 10.2. The van der Waals surface area contributed by atoms with Gasteiger partial charge in [0.2, 0.25) is 0 Å². The van der Waals surface area contributed by atoms with Gasteiger partial charge in [-0.05, 0) is 42.5 Å². The van der Waals surface area contributed by atoms with Gasteiger partial charge in [-0.1, -0.05) is 0 Å². The van der Waals surface area contributed by atoms with Gasteiger partial charge in [0.25, 0.3) is 5.91 Å². The molecule has 1 heterocycles. The van der Waals surface area contributed by atoms with Gasteiger partial charge in [0.05, 0.1) is 5.56 Å². The molecule has 3 rings (SSSR count). The summed E-state index contributed by atoms with van der Waals surface area (Å²) in [5.41, 5.74) is 0.741. The molecule has 1 aliphatic heterocycles. The Labute approximate surface area is 130 Å². The van der Waals surface area contributed by atoms with E-state index in [1.54, 1.807) is 29.2 Å². The van der Waals surface area contributed by atoms with Gasteiger partial charge >= 0.3 is 6.03 Å². The van der Waals surface area contributed by atoms with Crippen LogP contribution in [0.3, 0.4) is 0 Å². The van der Waals surface area contributed by atoms with E-state index in [0.717, 1.165) is 18.2 Å². The minimum Gasteiger partial charge on any atom is -0.336 e. The first-order chi connectivity index (χ1) is 11.0. The van der Waals surface area contributed by atoms with Crippen LogP contribution in [-0.2, 0) is 0 Å². The number of halogens is 2. The van der Waals surface area contributed by atoms with Crippen molar-refractivity contribution in [3.8, 4) is 0 Å². The Morgan fingerprint density at radius 3 is 2.52 bits per heavy atom. The van der Waals surface area contributed by atoms with Gasteiger partial charge in [-0.25, -0.2) is 13.6 Å². The molecule has 0 spiro atoms. The van der Waals surface area contributed by atoms with Crippen LogP contribution in [0.25, 0.3) is 0 Å². The summed E-state index contributed by atoms with van der Waals surface area (Å²) in [5.74, 6) is -2.23. The number of amides is 3. The second-order valence-corrected chi connectivity index (χ2v) is 5.01. The number of hydrogen-bond acceptors (Lipinski definition) is 2. The lowest BCUT2D eigenvalue weighted by molar-refractivity contribution is 0.102. The highest BCUT2D eigenvalue weighted by Gasteiger charge is 2.21. The summed E-state index contributed by atoms with van der Waals surface area (Å²) in [4.78, 5) is 25.1. The Bertz CT molecular complexity index is 762. The van der Waals surface area contributed by atoms with E-state index in [0.29, 0.717) is 24.5 Å². The van der Waals surface area contributed by atoms with Crippen molar-refractivity contribution in [2.45, 2.75) is 0 Å². The van der Waals surface area contributed by atoms with Crippen LogP contribution in [0.4, 0.5) is 25.0 Å². The number of hydrogen-bond donors (Lipinski definition) is 2. The third-order valence-corrected chi connectivity index (χ3v) is 3.47. The summed E-state index contributed by atoms with van der Waals surface area (Å²) in [7, 11) is 0. The molecule has 5 nitrogen and oxygen atoms in total. The molecular formula is C16H13F2N3O2. The van der Waals surface area contributed by atoms with Crippen LogP contribution in [0.5, 0.6) is 0 Å². The van der Waals surface area contributed by atoms with Crippen molar-refractivity contribution in [2.75, 3.05) is 23.3 Å². The van der Waals surface area contributed by atoms with Crippen LogP contribution < -0.4 is 15.5 Å². The Balaban J connectivity index is 1.74. The van der Waals surface area contributed by atoms with Gasteiger partial charge in [0.1, 0.15) is 11.6 Å². The van der Waals surface area contributed by atoms with Crippen LogP contribution in [0.2, 0.25) is 0 Å². The summed E-state index contributed by atoms with van der Waals surface area (Å²) in [6.07, 6.45) is 0. The molecule has 0 aromatic heterocycles. The van der Waals surface area contributed by atoms with E-state index < -0.39 is 17.5 Å². The van der Waals surface area contributed by atoms with Gasteiger partial charge in [0.15, 0.2) is 0 Å². The average Bonchev–Trinajstić information content (AvgIpc) is 2.96. The molecule has 0 saturated carbocycles. The molecule has 1 saturated heterocycles. The van der Waals surface area contributed by atoms with Crippen LogP contribution in [0, 0.1) is 11.6 Å². The second-order valence-electron chi connectivity index (χ2n) is 5.01. The number of nitrogens with zero attached hydrogens (tertiary/aromatic N) is 1. The molecule has 1 fully saturated rings. The minimum absolute atomic E-state index is 0.177. The first-order valence-electron chi connectivity index (χ1n) is 6.96. The van der Waals surface area contributed by atoms with Crippen LogP contribution in [-0.4, -0.2) is 25.0 Å². The van der Waals surface area contributed by atoms with E-state index in [-0.39, 0.29) is 11.6 Å². The topological polar surface area (TPSA) is 61.4 Å². The first-order valence-corrected chi connectivity index (χ1v) is 6.96. The molecule has 0 aliphatic carbocycles. The van der Waals surface area contributed by atoms with Crippen molar-refractivity contribution < 1.29 is 18.4 Å². The zero-order valence-electron chi connectivity index (χ0n) is 12.0. The maximum atomic E-state index is 13.6. The highest BCUT2D eigenvalue weighted by Crippen LogP contribution is 2.20. The largest absolute Gasteiger partial charge is 0.336 e. The maximum absolute atomic E-state index is 13.6. The number of rotatable bonds is 3. The number of urea groups is 1. The number of carbonyl (C=O) groups is 2. The average molecular weight is 317 g/mol. The Kier molecular flexibility index (Phi) is 3.92. The van der Waals surface area contributed by atoms with Crippen molar-refractivity contribution in [2.24, 2.45) is 0 Å². The standard InChI is InChI=1S/C16H13F2N3O2/c17-10-1-6-14(18)13(9-10)15(22)20-11-2-4-12(5-3-11)21-8-7-19-16(21)23/h1-6,9H,7-8H2,(H,19,23)(H,20,22). The second kappa shape index (κ2) is 6.04. The van der Waals surface area contributed by atoms with E-state index in [1.165, 1.54) is 0 Å². The smallest absolute Gasteiger partial charge is 0.321 e. The fourth-order valence-corrected chi connectivity index (χ4v) is 2.31. The maximum Gasteiger partial charge on any atom is 0.321 e. The molecule has 1 aliphatic rings. The molecule has 7 heteroatoms. The van der Waals surface area contributed by atoms with Crippen molar-refractivity contribution in [3.63, 3.8) is 0 Å². The van der Waals surface area contributed by atoms with Crippen LogP contribution in [0.15, 0.2) is 42.5 Å². The summed E-state index contributed by atoms with van der Waals surface area (Å²) >= 11 is 0. The molecule has 3 amide bonds. The monoisotopic (exact) mass is 317 g/mol. The zero-order valence-corrected chi connectivity index (χ0v) is 12.0. The van der Waals surface area contributed by atoms with Crippen molar-refractivity contribution >= 4 is 23.3 Å². The molecule has 2 aromatic carbocycles. The van der Waals surface area contributed by atoms with Gasteiger partial charge in [-0.3, -0.25) is 9.69 Å². The molecule has 0 bridgehead atoms. The molecule has 118 valence electrons. The number of nitrogens with one attached hydrogen (secondary N) is 2. The van der Waals surface area contributed by atoms with E-state index in [4.69, 9.17) is 0 Å². The van der Waals surface area contributed by atoms with Crippen LogP contribution >= 0.6 is 0 Å². The van der Waals surface area contributed by atoms with Crippen LogP contribution in [0.1, 0.15) is 10.4 Å². The Morgan fingerprint density at radius 1 is 1.13 bits per heavy atom. The first kappa shape index (κ1) is 15.0. The summed E-state index contributed by atoms with van der Waals surface area (Å²) < 4.78 is 26.7. The Morgan fingerprint density at radius 2 is 1.87 bits per heavy atom. The van der Waals surface area contributed by atoms with E-state index >= 15 is 0 Å². The molecule has 2 aromatic rings. The van der Waals surface area contributed by atoms with Gasteiger partial charge < -0.3 is 10.6 Å². The van der Waals surface area contributed by atoms with Gasteiger partial charge in [-0.15, -0.1) is 0 Å². The highest BCUT2D eigenvalue weighted by molar-refractivity contribution is 6.04. The molecule has 2 N–H and O–H groups in total. The van der Waals surface area contributed by atoms with E-state index in [9.17, 15) is 18.4 Å². The van der Waals surface area contributed by atoms with Crippen molar-refractivity contribution in [3.05, 3.63) is 59.7 Å². The molecule has 0 atom stereocenters. The number of benzene rings is 2. The quantitative estimate of drug-likeness (QED) is 0.914. The number of anilines is 2. The van der Waals surface area contributed by atoms with Crippen molar-refractivity contribution in [1.29, 1.82) is 0 Å². The third kappa shape index (κ3) is 3.13. The third-order valence-electron chi connectivity index (χ3n) is 3.47. The molecule has 0 radical (unpaired) electrons. The number of carbonyl (C=O) groups excluding carboxylic acids is 2. The summed E-state index contributed by atoms with van der Waals surface area (Å²) in [6.45, 7) is 1.15. The SMILES string of the molecule is O=C(Nc1ccc(N2CCNC2=O)cc1)c1cc(F)ccc1F. The highest BCUT2D eigenvalue weighted by atomic mass is 19.1. The fraction of sp³-hybridized carbons (Fsp3) is 0.125.